The Kier molecular flexibility index (Phi) is 8.08. The van der Waals surface area contributed by atoms with Crippen LogP contribution in [-0.4, -0.2) is 39.2 Å². The number of carbonyl (C=O) groups excluding carboxylic acids is 2. The van der Waals surface area contributed by atoms with Crippen LogP contribution in [0.25, 0.3) is 0 Å². The van der Waals surface area contributed by atoms with Gasteiger partial charge in [0.2, 0.25) is 5.91 Å². The maximum Gasteiger partial charge on any atom is 0.336 e. The van der Waals surface area contributed by atoms with E-state index in [1.165, 1.54) is 17.8 Å². The number of benzene rings is 3. The standard InChI is InChI=1S/C24H19BrN2O6S/c1-13(21(28)27-20-5-3-2-4-19(20)25)34-16-9-7-15(8-10-16)26-22(29)17-11-6-14(23(30)31)12-18(17)24(32)33/h2-13H,1H3,(H,26,29)(H,27,28)(H,30,31)(H,32,33). The second-order valence-electron chi connectivity index (χ2n) is 7.08. The Morgan fingerprint density at radius 1 is 0.853 bits per heavy atom. The summed E-state index contributed by atoms with van der Waals surface area (Å²) in [5.41, 5.74) is 0.296. The minimum Gasteiger partial charge on any atom is -0.478 e. The van der Waals surface area contributed by atoms with E-state index in [1.54, 1.807) is 37.3 Å². The minimum absolute atomic E-state index is 0.159. The summed E-state index contributed by atoms with van der Waals surface area (Å²) < 4.78 is 0.782. The van der Waals surface area contributed by atoms with E-state index >= 15 is 0 Å². The average Bonchev–Trinajstić information content (AvgIpc) is 2.81. The number of carboxylic acids is 2. The number of anilines is 2. The van der Waals surface area contributed by atoms with Crippen molar-refractivity contribution in [1.29, 1.82) is 0 Å². The maximum atomic E-state index is 12.6. The largest absolute Gasteiger partial charge is 0.478 e. The van der Waals surface area contributed by atoms with E-state index in [0.717, 1.165) is 21.5 Å². The first-order valence-electron chi connectivity index (χ1n) is 9.90. The molecule has 0 saturated heterocycles. The lowest BCUT2D eigenvalue weighted by atomic mass is 10.0. The van der Waals surface area contributed by atoms with Crippen LogP contribution < -0.4 is 10.6 Å². The Morgan fingerprint density at radius 3 is 2.15 bits per heavy atom. The Labute approximate surface area is 207 Å². The second kappa shape index (κ2) is 11.0. The quantitative estimate of drug-likeness (QED) is 0.287. The van der Waals surface area contributed by atoms with E-state index in [-0.39, 0.29) is 17.0 Å². The SMILES string of the molecule is CC(Sc1ccc(NC(=O)c2ccc(C(=O)O)cc2C(=O)O)cc1)C(=O)Nc1ccccc1Br. The lowest BCUT2D eigenvalue weighted by Gasteiger charge is -2.13. The van der Waals surface area contributed by atoms with Gasteiger partial charge in [-0.15, -0.1) is 11.8 Å². The van der Waals surface area contributed by atoms with Crippen LogP contribution in [0.15, 0.2) is 76.1 Å². The molecule has 0 fully saturated rings. The smallest absolute Gasteiger partial charge is 0.336 e. The van der Waals surface area contributed by atoms with Gasteiger partial charge in [0, 0.05) is 15.1 Å². The molecule has 34 heavy (non-hydrogen) atoms. The molecule has 4 N–H and O–H groups in total. The number of hydrogen-bond acceptors (Lipinski definition) is 5. The summed E-state index contributed by atoms with van der Waals surface area (Å²) in [5, 5.41) is 23.5. The molecule has 0 aliphatic heterocycles. The fraction of sp³-hybridized carbons (Fsp3) is 0.0833. The first-order chi connectivity index (χ1) is 16.2. The summed E-state index contributed by atoms with van der Waals surface area (Å²) in [7, 11) is 0. The zero-order valence-corrected chi connectivity index (χ0v) is 20.1. The topological polar surface area (TPSA) is 133 Å². The van der Waals surface area contributed by atoms with Crippen LogP contribution in [0.4, 0.5) is 11.4 Å². The molecule has 1 atom stereocenters. The fourth-order valence-electron chi connectivity index (χ4n) is 2.92. The second-order valence-corrected chi connectivity index (χ2v) is 9.35. The van der Waals surface area contributed by atoms with E-state index in [9.17, 15) is 24.3 Å². The van der Waals surface area contributed by atoms with E-state index in [1.807, 2.05) is 18.2 Å². The Bertz CT molecular complexity index is 1260. The van der Waals surface area contributed by atoms with Crippen LogP contribution in [-0.2, 0) is 4.79 Å². The molecule has 0 aromatic heterocycles. The summed E-state index contributed by atoms with van der Waals surface area (Å²) in [5.74, 6) is -3.55. The van der Waals surface area contributed by atoms with Crippen molar-refractivity contribution in [3.05, 3.63) is 87.9 Å². The molecule has 0 aliphatic carbocycles. The van der Waals surface area contributed by atoms with Crippen molar-refractivity contribution >= 4 is 62.8 Å². The van der Waals surface area contributed by atoms with Gasteiger partial charge >= 0.3 is 11.9 Å². The van der Waals surface area contributed by atoms with Crippen LogP contribution in [0.5, 0.6) is 0 Å². The Balaban J connectivity index is 1.65. The van der Waals surface area contributed by atoms with Gasteiger partial charge in [-0.05, 0) is 77.5 Å². The van der Waals surface area contributed by atoms with Crippen molar-refractivity contribution in [2.45, 2.75) is 17.1 Å². The third-order valence-electron chi connectivity index (χ3n) is 4.67. The summed E-state index contributed by atoms with van der Waals surface area (Å²) in [6.45, 7) is 1.78. The number of carbonyl (C=O) groups is 4. The molecule has 0 aliphatic rings. The first-order valence-corrected chi connectivity index (χ1v) is 11.6. The van der Waals surface area contributed by atoms with Gasteiger partial charge in [0.1, 0.15) is 0 Å². The van der Waals surface area contributed by atoms with Crippen LogP contribution in [0.1, 0.15) is 38.0 Å². The molecule has 3 aromatic rings. The number of aromatic carboxylic acids is 2. The molecule has 0 spiro atoms. The summed E-state index contributed by atoms with van der Waals surface area (Å²) in [6.07, 6.45) is 0. The predicted molar refractivity (Wildman–Crippen MR) is 133 cm³/mol. The molecule has 3 aromatic carbocycles. The molecule has 0 radical (unpaired) electrons. The number of halogens is 1. The van der Waals surface area contributed by atoms with Crippen molar-refractivity contribution < 1.29 is 29.4 Å². The predicted octanol–water partition coefficient (Wildman–Crippen LogP) is 5.22. The molecule has 1 unspecified atom stereocenters. The van der Waals surface area contributed by atoms with E-state index in [4.69, 9.17) is 5.11 Å². The highest BCUT2D eigenvalue weighted by atomic mass is 79.9. The van der Waals surface area contributed by atoms with Gasteiger partial charge in [0.25, 0.3) is 5.91 Å². The van der Waals surface area contributed by atoms with E-state index in [2.05, 4.69) is 26.6 Å². The molecule has 0 bridgehead atoms. The number of amides is 2. The van der Waals surface area contributed by atoms with Crippen LogP contribution in [0.2, 0.25) is 0 Å². The molecule has 3 rings (SSSR count). The normalized spacial score (nSPS) is 11.4. The van der Waals surface area contributed by atoms with E-state index in [0.29, 0.717) is 11.4 Å². The number of rotatable bonds is 8. The third kappa shape index (κ3) is 6.24. The maximum absolute atomic E-state index is 12.6. The lowest BCUT2D eigenvalue weighted by Crippen LogP contribution is -2.22. The average molecular weight is 543 g/mol. The van der Waals surface area contributed by atoms with Gasteiger partial charge in [-0.3, -0.25) is 9.59 Å². The molecule has 174 valence electrons. The van der Waals surface area contributed by atoms with Crippen molar-refractivity contribution in [3.63, 3.8) is 0 Å². The zero-order chi connectivity index (χ0) is 24.8. The van der Waals surface area contributed by atoms with Crippen molar-refractivity contribution in [2.24, 2.45) is 0 Å². The summed E-state index contributed by atoms with van der Waals surface area (Å²) in [4.78, 5) is 48.4. The highest BCUT2D eigenvalue weighted by Gasteiger charge is 2.20. The number of hydrogen-bond donors (Lipinski definition) is 4. The number of thioether (sulfide) groups is 1. The molecule has 0 heterocycles. The highest BCUT2D eigenvalue weighted by molar-refractivity contribution is 9.10. The van der Waals surface area contributed by atoms with Crippen molar-refractivity contribution in [1.82, 2.24) is 0 Å². The van der Waals surface area contributed by atoms with Gasteiger partial charge in [-0.1, -0.05) is 12.1 Å². The Hall–Kier alpha value is -3.63. The van der Waals surface area contributed by atoms with Gasteiger partial charge in [-0.25, -0.2) is 9.59 Å². The minimum atomic E-state index is -1.41. The van der Waals surface area contributed by atoms with Crippen LogP contribution in [0.3, 0.4) is 0 Å². The molecule has 10 heteroatoms. The molecule has 0 saturated carbocycles. The van der Waals surface area contributed by atoms with Crippen molar-refractivity contribution in [3.8, 4) is 0 Å². The van der Waals surface area contributed by atoms with E-state index < -0.39 is 28.7 Å². The third-order valence-corrected chi connectivity index (χ3v) is 6.47. The summed E-state index contributed by atoms with van der Waals surface area (Å²) in [6, 6.07) is 17.3. The molecule has 2 amide bonds. The Morgan fingerprint density at radius 2 is 1.53 bits per heavy atom. The van der Waals surface area contributed by atoms with Gasteiger partial charge in [0.05, 0.1) is 27.6 Å². The number of nitrogens with one attached hydrogen (secondary N) is 2. The first kappa shape index (κ1) is 25.0. The van der Waals surface area contributed by atoms with Crippen LogP contribution in [0, 0.1) is 0 Å². The zero-order valence-electron chi connectivity index (χ0n) is 17.7. The number of carboxylic acid groups (broad SMARTS) is 2. The van der Waals surface area contributed by atoms with Gasteiger partial charge in [0.15, 0.2) is 0 Å². The summed E-state index contributed by atoms with van der Waals surface area (Å²) >= 11 is 4.73. The monoisotopic (exact) mass is 542 g/mol. The van der Waals surface area contributed by atoms with Crippen molar-refractivity contribution in [2.75, 3.05) is 10.6 Å². The lowest BCUT2D eigenvalue weighted by molar-refractivity contribution is -0.115. The molecule has 8 nitrogen and oxygen atoms in total. The van der Waals surface area contributed by atoms with Crippen LogP contribution >= 0.6 is 27.7 Å². The molecular weight excluding hydrogens is 524 g/mol. The van der Waals surface area contributed by atoms with Gasteiger partial charge < -0.3 is 20.8 Å². The highest BCUT2D eigenvalue weighted by Crippen LogP contribution is 2.27. The fourth-order valence-corrected chi connectivity index (χ4v) is 4.17. The number of para-hydroxylation sites is 1. The molecular formula is C24H19BrN2O6S. The van der Waals surface area contributed by atoms with Gasteiger partial charge in [-0.2, -0.15) is 0 Å².